The number of aliphatic imine (C=N–C) groups is 1. The summed E-state index contributed by atoms with van der Waals surface area (Å²) in [5.41, 5.74) is 12.9. The minimum absolute atomic E-state index is 0.135. The summed E-state index contributed by atoms with van der Waals surface area (Å²) in [6.45, 7) is 52.7. The molecule has 0 aliphatic carbocycles. The van der Waals surface area contributed by atoms with E-state index >= 15 is 0 Å². The molecule has 29 heteroatoms. The van der Waals surface area contributed by atoms with Crippen LogP contribution in [0.4, 0.5) is 0 Å². The fourth-order valence-electron chi connectivity index (χ4n) is 6.43. The molecule has 0 radical (unpaired) electrons. The first-order valence-electron chi connectivity index (χ1n) is 37.5. The van der Waals surface area contributed by atoms with E-state index in [0.717, 1.165) is 44.9 Å². The fourth-order valence-corrected chi connectivity index (χ4v) is 6.43. The van der Waals surface area contributed by atoms with Crippen LogP contribution in [0.5, 0.6) is 0 Å². The number of nitrogens with zero attached hydrogens (tertiary/aromatic N) is 2. The Labute approximate surface area is 625 Å². The number of hydrogen-bond donors (Lipinski definition) is 21. The number of carbonyl (C=O) groups is 3. The van der Waals surface area contributed by atoms with Gasteiger partial charge in [0.1, 0.15) is 0 Å². The second kappa shape index (κ2) is 84.1. The van der Waals surface area contributed by atoms with E-state index in [0.29, 0.717) is 71.3 Å². The molecule has 0 aliphatic rings. The Morgan fingerprint density at radius 2 is 0.602 bits per heavy atom. The summed E-state index contributed by atoms with van der Waals surface area (Å²) in [6, 6.07) is 20.3. The third kappa shape index (κ3) is 73.5. The number of nitrogens with two attached hydrogens (primary N) is 2. The van der Waals surface area contributed by atoms with Crippen LogP contribution in [-0.4, -0.2) is 240 Å². The Morgan fingerprint density at radius 1 is 0.379 bits per heavy atom. The van der Waals surface area contributed by atoms with Crippen LogP contribution in [0.3, 0.4) is 0 Å². The third-order valence-corrected chi connectivity index (χ3v) is 13.9. The molecular weight excluding hydrogens is 1320 g/mol. The predicted molar refractivity (Wildman–Crippen MR) is 433 cm³/mol. The van der Waals surface area contributed by atoms with Crippen LogP contribution >= 0.6 is 0 Å². The zero-order valence-electron chi connectivity index (χ0n) is 68.7. The lowest BCUT2D eigenvalue weighted by Gasteiger charge is -2.31. The van der Waals surface area contributed by atoms with Gasteiger partial charge in [0.15, 0.2) is 5.96 Å². The number of carbonyl (C=O) groups excluding carboxylic acids is 3. The van der Waals surface area contributed by atoms with Gasteiger partial charge in [-0.2, -0.15) is 0 Å². The van der Waals surface area contributed by atoms with Crippen molar-refractivity contribution in [1.82, 2.24) is 31.5 Å². The number of benzene rings is 3. The maximum absolute atomic E-state index is 11.7. The van der Waals surface area contributed by atoms with Crippen LogP contribution in [0.25, 0.3) is 0 Å². The van der Waals surface area contributed by atoms with Gasteiger partial charge < -0.3 is 109 Å². The molecule has 0 aromatic heterocycles. The Balaban J connectivity index is -0.000000121. The van der Waals surface area contributed by atoms with Crippen molar-refractivity contribution >= 4 is 61.4 Å². The van der Waals surface area contributed by atoms with Gasteiger partial charge in [-0.25, -0.2) is 0 Å². The minimum Gasteiger partial charge on any atom is -0.423 e. The van der Waals surface area contributed by atoms with Crippen molar-refractivity contribution in [3.63, 3.8) is 0 Å². The van der Waals surface area contributed by atoms with Crippen molar-refractivity contribution in [2.24, 2.45) is 16.5 Å². The SMILES string of the molecule is CC.CC.CC.CC.CC.CC.CCC(C)N(CC(O)CO)CC(O)CO.CCC(C)N=C(N)N.CCC(C)NC(=O)c1ccc(B(O)O)cc1.CCC(C)NC(=O)c1ccc(B(O)O)cc1.CCC(C)NC(=O)c1ccc(B(O)O)cc1.CCC(C)NCC(O)CO.CCC(C)NCC(O)CO. The zero-order valence-corrected chi connectivity index (χ0v) is 68.7. The van der Waals surface area contributed by atoms with Gasteiger partial charge in [-0.05, 0) is 146 Å². The molecule has 0 saturated heterocycles. The van der Waals surface area contributed by atoms with Gasteiger partial charge in [-0.1, -0.05) is 168 Å². The van der Waals surface area contributed by atoms with Crippen LogP contribution in [0, 0.1) is 0 Å². The highest BCUT2D eigenvalue weighted by atomic mass is 16.4. The number of aliphatic hydroxyl groups excluding tert-OH is 8. The highest BCUT2D eigenvalue weighted by Gasteiger charge is 2.20. The minimum atomic E-state index is -1.49. The molecule has 3 aromatic carbocycles. The molecule has 0 spiro atoms. The van der Waals surface area contributed by atoms with Gasteiger partial charge in [0.05, 0.1) is 56.9 Å². The lowest BCUT2D eigenvalue weighted by atomic mass is 9.80. The van der Waals surface area contributed by atoms with Crippen molar-refractivity contribution in [1.29, 1.82) is 0 Å². The molecule has 0 saturated carbocycles. The van der Waals surface area contributed by atoms with E-state index in [1.165, 1.54) is 36.4 Å². The predicted octanol–water partition coefficient (Wildman–Crippen LogP) is 4.15. The van der Waals surface area contributed by atoms with E-state index in [2.05, 4.69) is 45.4 Å². The molecule has 103 heavy (non-hydrogen) atoms. The van der Waals surface area contributed by atoms with Gasteiger partial charge in [0, 0.05) is 79.1 Å². The summed E-state index contributed by atoms with van der Waals surface area (Å²) in [5, 5.41) is 139. The average molecular weight is 1470 g/mol. The summed E-state index contributed by atoms with van der Waals surface area (Å²) in [5.74, 6) is -0.255. The molecule has 0 heterocycles. The van der Waals surface area contributed by atoms with Crippen LogP contribution in [0.1, 0.15) is 256 Å². The van der Waals surface area contributed by atoms with Gasteiger partial charge in [0.2, 0.25) is 0 Å². The fraction of sp³-hybridized carbons (Fsp3) is 0.703. The first kappa shape index (κ1) is 119. The Bertz CT molecular complexity index is 2050. The molecule has 23 N–H and O–H groups in total. The van der Waals surface area contributed by atoms with Crippen LogP contribution < -0.4 is 54.4 Å². The smallest absolute Gasteiger partial charge is 0.423 e. The number of hydrogen-bond acceptors (Lipinski definition) is 21. The summed E-state index contributed by atoms with van der Waals surface area (Å²) in [7, 11) is -4.48. The summed E-state index contributed by atoms with van der Waals surface area (Å²) < 4.78 is 0. The Kier molecular flexibility index (Phi) is 97.1. The first-order valence-corrected chi connectivity index (χ1v) is 37.5. The van der Waals surface area contributed by atoms with Crippen LogP contribution in [0.15, 0.2) is 77.8 Å². The molecule has 0 bridgehead atoms. The largest absolute Gasteiger partial charge is 0.488 e. The zero-order chi connectivity index (χ0) is 82.8. The van der Waals surface area contributed by atoms with E-state index in [1.807, 2.05) is 171 Å². The maximum atomic E-state index is 11.7. The highest BCUT2D eigenvalue weighted by molar-refractivity contribution is 6.59. The Hall–Kier alpha value is -5.15. The molecule has 0 fully saturated rings. The van der Waals surface area contributed by atoms with Gasteiger partial charge >= 0.3 is 21.4 Å². The molecule has 3 amide bonds. The number of aliphatic hydroxyl groups is 8. The monoisotopic (exact) mass is 1470 g/mol. The highest BCUT2D eigenvalue weighted by Crippen LogP contribution is 2.07. The number of amides is 3. The Morgan fingerprint density at radius 3 is 0.757 bits per heavy atom. The molecule has 11 unspecified atom stereocenters. The van der Waals surface area contributed by atoms with E-state index < -0.39 is 45.8 Å². The molecule has 606 valence electrons. The number of nitrogens with one attached hydrogen (secondary N) is 5. The summed E-state index contributed by atoms with van der Waals surface area (Å²) in [4.78, 5) is 40.7. The summed E-state index contributed by atoms with van der Waals surface area (Å²) >= 11 is 0. The number of rotatable bonds is 32. The van der Waals surface area contributed by atoms with Crippen LogP contribution in [-0.2, 0) is 0 Å². The molecule has 0 aliphatic heterocycles. The maximum Gasteiger partial charge on any atom is 0.488 e. The van der Waals surface area contributed by atoms with Gasteiger partial charge in [-0.3, -0.25) is 24.3 Å². The second-order valence-corrected chi connectivity index (χ2v) is 22.1. The van der Waals surface area contributed by atoms with E-state index in [9.17, 15) is 24.6 Å². The topological polar surface area (TPSA) is 462 Å². The second-order valence-electron chi connectivity index (χ2n) is 22.1. The molecule has 3 aromatic rings. The van der Waals surface area contributed by atoms with E-state index in [4.69, 9.17) is 72.3 Å². The van der Waals surface area contributed by atoms with Crippen molar-refractivity contribution in [2.75, 3.05) is 52.6 Å². The normalized spacial score (nSPS) is 12.8. The van der Waals surface area contributed by atoms with E-state index in [-0.39, 0.29) is 80.3 Å². The molecular formula is C74H154B3N9O17. The quantitative estimate of drug-likeness (QED) is 0.0237. The average Bonchev–Trinajstić information content (AvgIpc) is 0.890. The van der Waals surface area contributed by atoms with Crippen molar-refractivity contribution in [2.45, 2.75) is 292 Å². The van der Waals surface area contributed by atoms with Crippen molar-refractivity contribution < 1.29 is 85.4 Å². The lowest BCUT2D eigenvalue weighted by Crippen LogP contribution is -2.44. The van der Waals surface area contributed by atoms with Gasteiger partial charge in [-0.15, -0.1) is 0 Å². The third-order valence-electron chi connectivity index (χ3n) is 13.9. The first-order chi connectivity index (χ1) is 48.7. The molecule has 11 atom stereocenters. The van der Waals surface area contributed by atoms with E-state index in [1.54, 1.807) is 36.4 Å². The molecule has 3 rings (SSSR count). The summed E-state index contributed by atoms with van der Waals surface area (Å²) in [6.07, 6.45) is 3.74. The van der Waals surface area contributed by atoms with Crippen molar-refractivity contribution in [3.8, 4) is 0 Å². The van der Waals surface area contributed by atoms with Crippen LogP contribution in [0.2, 0.25) is 0 Å². The standard InChI is InChI=1S/3C11H16BNO3.C10H23NO4.2C7H17NO2.C5H13N3.6C2H6/c3*1-3-8(2)13-11(14)9-4-6-10(7-5-9)12(15)16;1-3-8(2)11(4-9(14)6-12)5-10(15)7-13;2*1-3-6(2)8-4-7(10)5-9;1-3-4(2)8-5(6)7;6*1-2/h3*4-8,15-16H,3H2,1-2H3,(H,13,14);8-10,12-15H,3-7H2,1-2H3;2*6-10H,3-5H2,1-2H3;4H,3H2,1-2H3,(H4,6,7,8);6*1-2H3. The van der Waals surface area contributed by atoms with Gasteiger partial charge in [0.25, 0.3) is 17.7 Å². The molecule has 26 nitrogen and oxygen atoms in total. The number of guanidine groups is 1. The lowest BCUT2D eigenvalue weighted by molar-refractivity contribution is 0.00906. The van der Waals surface area contributed by atoms with Crippen molar-refractivity contribution in [3.05, 3.63) is 89.5 Å².